The molecule has 1 amide bonds. The molecule has 0 unspecified atom stereocenters. The molecule has 0 saturated carbocycles. The standard InChI is InChI=1S/C29H33ClN4O7/c30-20-13-21-22(14-25(31-21)41-24-16-39-27-23(35)15-38-28(24)27)32-26(20)17-1-3-18(4-2-17)33-7-5-19(6-8-33)40-29(36)34-9-11-37-12-10-34/h1-4,13,19,23-24,27-28,35H,5-12,14-16H2/t23-,24-,27-,28-/m1/s1. The van der Waals surface area contributed by atoms with Crippen LogP contribution in [0.4, 0.5) is 16.2 Å². The van der Waals surface area contributed by atoms with Crippen LogP contribution in [0.5, 0.6) is 0 Å². The van der Waals surface area contributed by atoms with Crippen LogP contribution in [0.15, 0.2) is 35.3 Å². The van der Waals surface area contributed by atoms with Gasteiger partial charge in [0.15, 0.2) is 12.0 Å². The molecule has 1 aromatic heterocycles. The lowest BCUT2D eigenvalue weighted by Crippen LogP contribution is -2.44. The largest absolute Gasteiger partial charge is 0.472 e. The number of piperidine rings is 1. The summed E-state index contributed by atoms with van der Waals surface area (Å²) in [6.45, 7) is 4.55. The summed E-state index contributed by atoms with van der Waals surface area (Å²) in [6, 6.07) is 10.1. The smallest absolute Gasteiger partial charge is 0.410 e. The molecule has 5 aliphatic heterocycles. The lowest BCUT2D eigenvalue weighted by atomic mass is 10.1. The molecule has 11 nitrogen and oxygen atoms in total. The molecule has 0 bridgehead atoms. The molecule has 41 heavy (non-hydrogen) atoms. The number of hydrogen-bond acceptors (Lipinski definition) is 10. The second-order valence-electron chi connectivity index (χ2n) is 11.0. The minimum absolute atomic E-state index is 0.0636. The van der Waals surface area contributed by atoms with Crippen molar-refractivity contribution in [3.63, 3.8) is 0 Å². The van der Waals surface area contributed by atoms with Crippen molar-refractivity contribution in [3.05, 3.63) is 41.0 Å². The van der Waals surface area contributed by atoms with Gasteiger partial charge in [-0.15, -0.1) is 0 Å². The van der Waals surface area contributed by atoms with E-state index in [-0.39, 0.29) is 37.1 Å². The van der Waals surface area contributed by atoms with Gasteiger partial charge in [0, 0.05) is 50.3 Å². The van der Waals surface area contributed by atoms with Gasteiger partial charge in [0.2, 0.25) is 0 Å². The van der Waals surface area contributed by atoms with Crippen molar-refractivity contribution < 1.29 is 33.6 Å². The van der Waals surface area contributed by atoms with Crippen LogP contribution in [-0.4, -0.2) is 110 Å². The molecule has 0 radical (unpaired) electrons. The fourth-order valence-corrected chi connectivity index (χ4v) is 6.33. The molecule has 12 heteroatoms. The molecule has 0 aliphatic carbocycles. The number of aliphatic hydroxyl groups excluding tert-OH is 1. The Bertz CT molecular complexity index is 1310. The molecule has 4 saturated heterocycles. The van der Waals surface area contributed by atoms with Crippen molar-refractivity contribution in [3.8, 4) is 11.3 Å². The summed E-state index contributed by atoms with van der Waals surface area (Å²) >= 11 is 6.65. The van der Waals surface area contributed by atoms with E-state index in [1.54, 1.807) is 4.90 Å². The Morgan fingerprint density at radius 2 is 1.78 bits per heavy atom. The number of rotatable bonds is 4. The summed E-state index contributed by atoms with van der Waals surface area (Å²) in [4.78, 5) is 25.9. The van der Waals surface area contributed by atoms with Gasteiger partial charge in [-0.1, -0.05) is 23.7 Å². The number of carbonyl (C=O) groups is 1. The Balaban J connectivity index is 0.949. The molecule has 6 heterocycles. The highest BCUT2D eigenvalue weighted by Gasteiger charge is 2.49. The number of nitrogens with zero attached hydrogens (tertiary/aromatic N) is 4. The summed E-state index contributed by atoms with van der Waals surface area (Å²) < 4.78 is 28.5. The maximum Gasteiger partial charge on any atom is 0.410 e. The number of benzene rings is 1. The molecule has 1 aromatic carbocycles. The zero-order valence-electron chi connectivity index (χ0n) is 22.6. The van der Waals surface area contributed by atoms with Gasteiger partial charge < -0.3 is 38.6 Å². The minimum Gasteiger partial charge on any atom is -0.472 e. The van der Waals surface area contributed by atoms with E-state index < -0.39 is 6.10 Å². The van der Waals surface area contributed by atoms with Crippen LogP contribution in [0, 0.1) is 0 Å². The highest BCUT2D eigenvalue weighted by Crippen LogP contribution is 2.37. The first-order valence-electron chi connectivity index (χ1n) is 14.3. The number of morpholine rings is 1. The van der Waals surface area contributed by atoms with Crippen molar-refractivity contribution in [2.24, 2.45) is 4.99 Å². The lowest BCUT2D eigenvalue weighted by Gasteiger charge is -2.35. The van der Waals surface area contributed by atoms with E-state index in [2.05, 4.69) is 22.0 Å². The van der Waals surface area contributed by atoms with Gasteiger partial charge in [0.1, 0.15) is 24.4 Å². The monoisotopic (exact) mass is 584 g/mol. The molecule has 1 N–H and O–H groups in total. The first kappa shape index (κ1) is 26.9. The molecule has 218 valence electrons. The van der Waals surface area contributed by atoms with Crippen LogP contribution >= 0.6 is 11.6 Å². The number of aliphatic imine (C=N–C) groups is 1. The number of aromatic nitrogens is 1. The number of aliphatic hydroxyl groups is 1. The van der Waals surface area contributed by atoms with Crippen LogP contribution in [-0.2, 0) is 30.1 Å². The zero-order valence-corrected chi connectivity index (χ0v) is 23.4. The van der Waals surface area contributed by atoms with Crippen molar-refractivity contribution in [2.45, 2.75) is 49.8 Å². The number of ether oxygens (including phenoxy) is 5. The van der Waals surface area contributed by atoms with Gasteiger partial charge in [0.25, 0.3) is 0 Å². The molecule has 0 spiro atoms. The Kier molecular flexibility index (Phi) is 7.46. The fourth-order valence-electron chi connectivity index (χ4n) is 6.08. The number of carbonyl (C=O) groups excluding carboxylic acids is 1. The third kappa shape index (κ3) is 5.49. The van der Waals surface area contributed by atoms with Crippen molar-refractivity contribution in [2.75, 3.05) is 57.5 Å². The van der Waals surface area contributed by atoms with E-state index in [1.165, 1.54) is 0 Å². The van der Waals surface area contributed by atoms with Gasteiger partial charge in [-0.25, -0.2) is 14.8 Å². The summed E-state index contributed by atoms with van der Waals surface area (Å²) in [5, 5.41) is 10.5. The highest BCUT2D eigenvalue weighted by molar-refractivity contribution is 6.33. The van der Waals surface area contributed by atoms with Gasteiger partial charge in [-0.3, -0.25) is 0 Å². The number of amides is 1. The minimum atomic E-state index is -0.622. The van der Waals surface area contributed by atoms with Gasteiger partial charge in [-0.2, -0.15) is 0 Å². The van der Waals surface area contributed by atoms with E-state index in [1.807, 2.05) is 18.2 Å². The van der Waals surface area contributed by atoms with E-state index >= 15 is 0 Å². The molecule has 5 aliphatic rings. The molecule has 2 aromatic rings. The average Bonchev–Trinajstić information content (AvgIpc) is 3.70. The van der Waals surface area contributed by atoms with Crippen LogP contribution < -0.4 is 4.90 Å². The zero-order chi connectivity index (χ0) is 27.9. The quantitative estimate of drug-likeness (QED) is 0.579. The van der Waals surface area contributed by atoms with Crippen molar-refractivity contribution >= 4 is 35.0 Å². The summed E-state index contributed by atoms with van der Waals surface area (Å²) in [6.07, 6.45) is 0.169. The SMILES string of the molecule is O=C(OC1CCN(c2ccc(-c3nc4c(cc3Cl)N=C(O[C@@H]3CO[C@H]5[C@@H]3OC[C@H]5O)C4)cc2)CC1)N1CCOCC1. The molecule has 4 atom stereocenters. The molecular weight excluding hydrogens is 552 g/mol. The predicted molar refractivity (Wildman–Crippen MR) is 150 cm³/mol. The Hall–Kier alpha value is -2.96. The summed E-state index contributed by atoms with van der Waals surface area (Å²) in [7, 11) is 0. The number of fused-ring (bicyclic) bond motifs is 2. The van der Waals surface area contributed by atoms with Gasteiger partial charge in [-0.05, 0) is 18.2 Å². The van der Waals surface area contributed by atoms with Gasteiger partial charge in [0.05, 0.1) is 54.9 Å². The van der Waals surface area contributed by atoms with Crippen molar-refractivity contribution in [1.29, 1.82) is 0 Å². The van der Waals surface area contributed by atoms with E-state index in [4.69, 9.17) is 40.3 Å². The number of pyridine rings is 1. The Labute approximate surface area is 242 Å². The maximum atomic E-state index is 12.4. The Morgan fingerprint density at radius 1 is 1.02 bits per heavy atom. The van der Waals surface area contributed by atoms with Gasteiger partial charge >= 0.3 is 6.09 Å². The third-order valence-corrected chi connectivity index (χ3v) is 8.64. The summed E-state index contributed by atoms with van der Waals surface area (Å²) in [5.41, 5.74) is 4.24. The van der Waals surface area contributed by atoms with Crippen LogP contribution in [0.2, 0.25) is 5.02 Å². The predicted octanol–water partition coefficient (Wildman–Crippen LogP) is 2.97. The summed E-state index contributed by atoms with van der Waals surface area (Å²) in [5.74, 6) is 0.550. The third-order valence-electron chi connectivity index (χ3n) is 8.35. The number of halogens is 1. The second-order valence-corrected chi connectivity index (χ2v) is 11.4. The number of anilines is 1. The Morgan fingerprint density at radius 3 is 2.56 bits per heavy atom. The molecule has 7 rings (SSSR count). The molecular formula is C29H33ClN4O7. The normalized spacial score (nSPS) is 27.9. The van der Waals surface area contributed by atoms with E-state index in [9.17, 15) is 9.90 Å². The van der Waals surface area contributed by atoms with Crippen LogP contribution in [0.25, 0.3) is 11.3 Å². The molecule has 4 fully saturated rings. The fraction of sp³-hybridized carbons (Fsp3) is 0.552. The first-order chi connectivity index (χ1) is 20.0. The van der Waals surface area contributed by atoms with Crippen LogP contribution in [0.3, 0.4) is 0 Å². The van der Waals surface area contributed by atoms with Crippen LogP contribution in [0.1, 0.15) is 18.5 Å². The van der Waals surface area contributed by atoms with Crippen molar-refractivity contribution in [1.82, 2.24) is 9.88 Å². The first-order valence-corrected chi connectivity index (χ1v) is 14.6. The lowest BCUT2D eigenvalue weighted by molar-refractivity contribution is 0.00558. The second kappa shape index (κ2) is 11.4. The maximum absolute atomic E-state index is 12.4. The van der Waals surface area contributed by atoms with E-state index in [0.29, 0.717) is 61.6 Å². The topological polar surface area (TPSA) is 115 Å². The number of hydrogen-bond donors (Lipinski definition) is 1. The van der Waals surface area contributed by atoms with E-state index in [0.717, 1.165) is 42.9 Å². The average molecular weight is 585 g/mol. The highest BCUT2D eigenvalue weighted by atomic mass is 35.5.